The summed E-state index contributed by atoms with van der Waals surface area (Å²) in [5.41, 5.74) is 6.97. The first-order valence-corrected chi connectivity index (χ1v) is 6.67. The van der Waals surface area contributed by atoms with Crippen LogP contribution in [0.15, 0.2) is 12.3 Å². The normalized spacial score (nSPS) is 10.0. The minimum Gasteiger partial charge on any atom is -0.477 e. The summed E-state index contributed by atoms with van der Waals surface area (Å²) in [6.45, 7) is 4.15. The van der Waals surface area contributed by atoms with E-state index in [0.717, 1.165) is 5.69 Å². The van der Waals surface area contributed by atoms with Gasteiger partial charge in [0.15, 0.2) is 0 Å². The predicted octanol–water partition coefficient (Wildman–Crippen LogP) is 0.896. The predicted molar refractivity (Wildman–Crippen MR) is 79.0 cm³/mol. The number of pyridine rings is 1. The summed E-state index contributed by atoms with van der Waals surface area (Å²) < 4.78 is 5.25. The van der Waals surface area contributed by atoms with Gasteiger partial charge in [-0.3, -0.25) is 4.79 Å². The molecule has 2 aromatic heterocycles. The lowest BCUT2D eigenvalue weighted by Gasteiger charge is -2.09. The second kappa shape index (κ2) is 6.58. The van der Waals surface area contributed by atoms with Crippen LogP contribution < -0.4 is 15.8 Å². The Kier molecular flexibility index (Phi) is 4.58. The molecule has 2 heterocycles. The van der Waals surface area contributed by atoms with Crippen LogP contribution in [-0.4, -0.2) is 27.5 Å². The van der Waals surface area contributed by atoms with Gasteiger partial charge >= 0.3 is 0 Å². The minimum atomic E-state index is -0.425. The molecule has 1 amide bonds. The van der Waals surface area contributed by atoms with E-state index in [1.165, 1.54) is 6.07 Å². The highest BCUT2D eigenvalue weighted by atomic mass is 16.5. The highest BCUT2D eigenvalue weighted by molar-refractivity contribution is 5.93. The van der Waals surface area contributed by atoms with Crippen LogP contribution in [0.3, 0.4) is 0 Å². The van der Waals surface area contributed by atoms with E-state index >= 15 is 0 Å². The number of aromatic amines is 1. The van der Waals surface area contributed by atoms with Crippen molar-refractivity contribution < 1.29 is 9.53 Å². The van der Waals surface area contributed by atoms with Gasteiger partial charge in [0, 0.05) is 6.20 Å². The first kappa shape index (κ1) is 15.3. The molecule has 0 saturated carbocycles. The lowest BCUT2D eigenvalue weighted by atomic mass is 10.2. The fraction of sp³-hybridized carbons (Fsp3) is 0.286. The summed E-state index contributed by atoms with van der Waals surface area (Å²) in [6.07, 6.45) is 1.74. The Hall–Kier alpha value is -3.08. The van der Waals surface area contributed by atoms with Gasteiger partial charge in [-0.2, -0.15) is 5.26 Å². The Bertz CT molecular complexity index is 731. The van der Waals surface area contributed by atoms with Crippen LogP contribution in [-0.2, 0) is 6.54 Å². The number of ether oxygens (including phenoxy) is 1. The third-order valence-corrected chi connectivity index (χ3v) is 2.82. The highest BCUT2D eigenvalue weighted by Gasteiger charge is 2.16. The molecule has 4 N–H and O–H groups in total. The van der Waals surface area contributed by atoms with E-state index < -0.39 is 5.91 Å². The zero-order chi connectivity index (χ0) is 16.1. The van der Waals surface area contributed by atoms with Gasteiger partial charge < -0.3 is 20.8 Å². The Morgan fingerprint density at radius 3 is 2.91 bits per heavy atom. The number of nitrogens with zero attached hydrogens (tertiary/aromatic N) is 3. The number of hydrogen-bond donors (Lipinski definition) is 3. The molecule has 8 nitrogen and oxygen atoms in total. The molecular formula is C14H16N6O2. The minimum absolute atomic E-state index is 0.0593. The first-order chi connectivity index (χ1) is 10.5. The smallest absolute Gasteiger partial charge is 0.270 e. The Balaban J connectivity index is 2.17. The third-order valence-electron chi connectivity index (χ3n) is 2.82. The molecule has 0 aromatic carbocycles. The molecule has 0 spiro atoms. The molecule has 0 fully saturated rings. The van der Waals surface area contributed by atoms with E-state index in [0.29, 0.717) is 12.4 Å². The number of nitriles is 1. The summed E-state index contributed by atoms with van der Waals surface area (Å²) >= 11 is 0. The van der Waals surface area contributed by atoms with Crippen molar-refractivity contribution in [3.63, 3.8) is 0 Å². The van der Waals surface area contributed by atoms with Gasteiger partial charge in [-0.05, 0) is 19.9 Å². The van der Waals surface area contributed by atoms with E-state index in [2.05, 4.69) is 20.3 Å². The van der Waals surface area contributed by atoms with Crippen LogP contribution in [0.4, 0.5) is 5.69 Å². The molecule has 0 saturated heterocycles. The zero-order valence-corrected chi connectivity index (χ0v) is 12.3. The number of rotatable bonds is 5. The number of anilines is 1. The summed E-state index contributed by atoms with van der Waals surface area (Å²) in [4.78, 5) is 23.3. The van der Waals surface area contributed by atoms with Crippen molar-refractivity contribution in [3.8, 4) is 11.9 Å². The van der Waals surface area contributed by atoms with Gasteiger partial charge in [-0.15, -0.1) is 0 Å². The molecule has 0 aliphatic rings. The SMILES string of the molecule is CCOc1nc(C(=O)NCc2nc(C)c[nH]2)cc(N)c1C#N. The number of amides is 1. The van der Waals surface area contributed by atoms with Gasteiger partial charge in [0.25, 0.3) is 5.91 Å². The second-order valence-corrected chi connectivity index (χ2v) is 4.49. The van der Waals surface area contributed by atoms with Crippen LogP contribution in [0.25, 0.3) is 0 Å². The maximum Gasteiger partial charge on any atom is 0.270 e. The molecule has 22 heavy (non-hydrogen) atoms. The average Bonchev–Trinajstić information content (AvgIpc) is 2.90. The monoisotopic (exact) mass is 300 g/mol. The van der Waals surface area contributed by atoms with Crippen molar-refractivity contribution in [3.05, 3.63) is 35.0 Å². The standard InChI is InChI=1S/C14H16N6O2/c1-3-22-14-9(5-15)10(16)4-11(20-14)13(21)18-7-12-17-6-8(2)19-12/h4,6H,3,7H2,1-2H3,(H2,16,20)(H,17,19)(H,18,21). The Morgan fingerprint density at radius 1 is 1.55 bits per heavy atom. The third kappa shape index (κ3) is 3.32. The van der Waals surface area contributed by atoms with E-state index in [1.54, 1.807) is 13.1 Å². The highest BCUT2D eigenvalue weighted by Crippen LogP contribution is 2.22. The molecule has 8 heteroatoms. The van der Waals surface area contributed by atoms with Crippen LogP contribution in [0.2, 0.25) is 0 Å². The molecule has 0 radical (unpaired) electrons. The van der Waals surface area contributed by atoms with Gasteiger partial charge in [0.05, 0.1) is 24.5 Å². The van der Waals surface area contributed by atoms with E-state index in [-0.39, 0.29) is 29.4 Å². The van der Waals surface area contributed by atoms with Crippen molar-refractivity contribution in [1.82, 2.24) is 20.3 Å². The summed E-state index contributed by atoms with van der Waals surface area (Å²) in [7, 11) is 0. The van der Waals surface area contributed by atoms with Crippen molar-refractivity contribution in [2.75, 3.05) is 12.3 Å². The number of imidazole rings is 1. The number of carbonyl (C=O) groups excluding carboxylic acids is 1. The van der Waals surface area contributed by atoms with Gasteiger partial charge in [0.1, 0.15) is 23.2 Å². The second-order valence-electron chi connectivity index (χ2n) is 4.49. The average molecular weight is 300 g/mol. The molecule has 0 aliphatic heterocycles. The van der Waals surface area contributed by atoms with E-state index in [1.807, 2.05) is 13.0 Å². The topological polar surface area (TPSA) is 130 Å². The molecule has 2 aromatic rings. The van der Waals surface area contributed by atoms with Crippen molar-refractivity contribution in [1.29, 1.82) is 5.26 Å². The Morgan fingerprint density at radius 2 is 2.32 bits per heavy atom. The largest absolute Gasteiger partial charge is 0.477 e. The number of H-pyrrole nitrogens is 1. The fourth-order valence-corrected chi connectivity index (χ4v) is 1.82. The molecule has 114 valence electrons. The maximum atomic E-state index is 12.1. The molecule has 0 bridgehead atoms. The number of carbonyl (C=O) groups is 1. The van der Waals surface area contributed by atoms with Crippen molar-refractivity contribution in [2.45, 2.75) is 20.4 Å². The van der Waals surface area contributed by atoms with E-state index in [9.17, 15) is 4.79 Å². The summed E-state index contributed by atoms with van der Waals surface area (Å²) in [5, 5.41) is 11.7. The molecule has 0 unspecified atom stereocenters. The van der Waals surface area contributed by atoms with Gasteiger partial charge in [-0.25, -0.2) is 9.97 Å². The lowest BCUT2D eigenvalue weighted by molar-refractivity contribution is 0.0944. The quantitative estimate of drug-likeness (QED) is 0.752. The van der Waals surface area contributed by atoms with Crippen molar-refractivity contribution in [2.24, 2.45) is 0 Å². The molecular weight excluding hydrogens is 284 g/mol. The van der Waals surface area contributed by atoms with Gasteiger partial charge in [-0.1, -0.05) is 0 Å². The number of aromatic nitrogens is 3. The van der Waals surface area contributed by atoms with Gasteiger partial charge in [0.2, 0.25) is 5.88 Å². The van der Waals surface area contributed by atoms with Crippen LogP contribution in [0.1, 0.15) is 34.5 Å². The maximum absolute atomic E-state index is 12.1. The van der Waals surface area contributed by atoms with Crippen LogP contribution in [0.5, 0.6) is 5.88 Å². The fourth-order valence-electron chi connectivity index (χ4n) is 1.82. The number of nitrogens with one attached hydrogen (secondary N) is 2. The first-order valence-electron chi connectivity index (χ1n) is 6.67. The Labute approximate surface area is 127 Å². The number of nitrogens with two attached hydrogens (primary N) is 1. The summed E-state index contributed by atoms with van der Waals surface area (Å²) in [5.74, 6) is 0.271. The number of nitrogen functional groups attached to an aromatic ring is 1. The lowest BCUT2D eigenvalue weighted by Crippen LogP contribution is -2.25. The van der Waals surface area contributed by atoms with Crippen LogP contribution >= 0.6 is 0 Å². The van der Waals surface area contributed by atoms with Crippen LogP contribution in [0, 0.1) is 18.3 Å². The number of aryl methyl sites for hydroxylation is 1. The summed E-state index contributed by atoms with van der Waals surface area (Å²) in [6, 6.07) is 3.27. The molecule has 0 aliphatic carbocycles. The zero-order valence-electron chi connectivity index (χ0n) is 12.3. The van der Waals surface area contributed by atoms with E-state index in [4.69, 9.17) is 15.7 Å². The number of hydrogen-bond acceptors (Lipinski definition) is 6. The van der Waals surface area contributed by atoms with Crippen molar-refractivity contribution >= 4 is 11.6 Å². The molecule has 0 atom stereocenters. The molecule has 2 rings (SSSR count).